The Labute approximate surface area is 185 Å². The molecule has 0 spiro atoms. The van der Waals surface area contributed by atoms with Crippen molar-refractivity contribution < 1.29 is 14.7 Å². The number of aryl methyl sites for hydroxylation is 1. The molecule has 0 fully saturated rings. The zero-order chi connectivity index (χ0) is 22.5. The van der Waals surface area contributed by atoms with Crippen molar-refractivity contribution in [3.05, 3.63) is 107 Å². The Morgan fingerprint density at radius 1 is 0.844 bits per heavy atom. The molecule has 0 bridgehead atoms. The number of phenols is 1. The largest absolute Gasteiger partial charge is 0.507 e. The fraction of sp³-hybridized carbons (Fsp3) is 0.0385. The second-order valence-electron chi connectivity index (χ2n) is 7.27. The summed E-state index contributed by atoms with van der Waals surface area (Å²) in [5.74, 6) is -0.534. The van der Waals surface area contributed by atoms with E-state index < -0.39 is 5.91 Å². The molecule has 0 aliphatic carbocycles. The molecule has 4 aromatic carbocycles. The van der Waals surface area contributed by atoms with Crippen molar-refractivity contribution in [2.75, 3.05) is 5.32 Å². The molecule has 6 nitrogen and oxygen atoms in total. The lowest BCUT2D eigenvalue weighted by molar-refractivity contribution is 0.0954. The zero-order valence-corrected chi connectivity index (χ0v) is 17.4. The van der Waals surface area contributed by atoms with Crippen molar-refractivity contribution >= 4 is 34.5 Å². The van der Waals surface area contributed by atoms with Crippen LogP contribution < -0.4 is 10.7 Å². The molecule has 0 atom stereocenters. The maximum Gasteiger partial charge on any atom is 0.271 e. The first-order chi connectivity index (χ1) is 15.5. The van der Waals surface area contributed by atoms with Crippen molar-refractivity contribution in [1.29, 1.82) is 0 Å². The monoisotopic (exact) mass is 423 g/mol. The first-order valence-electron chi connectivity index (χ1n) is 10.0. The van der Waals surface area contributed by atoms with Gasteiger partial charge in [-0.05, 0) is 59.7 Å². The van der Waals surface area contributed by atoms with Crippen molar-refractivity contribution in [1.82, 2.24) is 5.43 Å². The maximum atomic E-state index is 12.4. The number of benzene rings is 4. The number of nitrogens with one attached hydrogen (secondary N) is 2. The maximum absolute atomic E-state index is 12.4. The fourth-order valence-corrected chi connectivity index (χ4v) is 3.37. The van der Waals surface area contributed by atoms with Gasteiger partial charge in [-0.1, -0.05) is 48.5 Å². The lowest BCUT2D eigenvalue weighted by atomic mass is 10.0. The predicted octanol–water partition coefficient (Wildman–Crippen LogP) is 4.87. The number of carbonyl (C=O) groups is 2. The van der Waals surface area contributed by atoms with E-state index in [1.54, 1.807) is 36.4 Å². The minimum Gasteiger partial charge on any atom is -0.507 e. The van der Waals surface area contributed by atoms with Crippen LogP contribution in [0.3, 0.4) is 0 Å². The Balaban J connectivity index is 1.42. The van der Waals surface area contributed by atoms with Crippen LogP contribution in [0.2, 0.25) is 0 Å². The van der Waals surface area contributed by atoms with Crippen molar-refractivity contribution in [3.8, 4) is 5.75 Å². The van der Waals surface area contributed by atoms with Crippen LogP contribution in [0.4, 0.5) is 5.69 Å². The number of aromatic hydroxyl groups is 1. The van der Waals surface area contributed by atoms with E-state index >= 15 is 0 Å². The Bertz CT molecular complexity index is 1330. The van der Waals surface area contributed by atoms with Gasteiger partial charge in [-0.15, -0.1) is 0 Å². The van der Waals surface area contributed by atoms with E-state index in [4.69, 9.17) is 0 Å². The number of anilines is 1. The highest BCUT2D eigenvalue weighted by molar-refractivity contribution is 6.06. The lowest BCUT2D eigenvalue weighted by Crippen LogP contribution is -2.18. The van der Waals surface area contributed by atoms with E-state index in [2.05, 4.69) is 15.8 Å². The first kappa shape index (κ1) is 20.8. The number of hydrogen-bond acceptors (Lipinski definition) is 4. The van der Waals surface area contributed by atoms with Gasteiger partial charge in [0.2, 0.25) is 0 Å². The van der Waals surface area contributed by atoms with Crippen LogP contribution in [0.1, 0.15) is 31.8 Å². The van der Waals surface area contributed by atoms with Crippen LogP contribution in [-0.2, 0) is 0 Å². The summed E-state index contributed by atoms with van der Waals surface area (Å²) >= 11 is 0. The summed E-state index contributed by atoms with van der Waals surface area (Å²) in [6.45, 7) is 1.88. The van der Waals surface area contributed by atoms with Gasteiger partial charge in [-0.25, -0.2) is 5.43 Å². The molecular weight excluding hydrogens is 402 g/mol. The van der Waals surface area contributed by atoms with Gasteiger partial charge in [0.15, 0.2) is 0 Å². The summed E-state index contributed by atoms with van der Waals surface area (Å²) in [4.78, 5) is 24.8. The average molecular weight is 423 g/mol. The molecule has 6 heteroatoms. The number of fused-ring (bicyclic) bond motifs is 1. The van der Waals surface area contributed by atoms with Gasteiger partial charge >= 0.3 is 0 Å². The summed E-state index contributed by atoms with van der Waals surface area (Å²) in [5, 5.41) is 18.8. The standard InChI is InChI=1S/C26H21N3O3/c1-17-6-2-4-8-21(17)26(32)28-20-13-10-19(11-14-20)25(31)29-27-16-23-22-9-5-3-7-18(22)12-15-24(23)30/h2-16,30H,1H3,(H,28,32)(H,29,31)/b27-16+. The normalized spacial score (nSPS) is 10.9. The SMILES string of the molecule is Cc1ccccc1C(=O)Nc1ccc(C(=O)N/N=C/c2c(O)ccc3ccccc23)cc1. The Hall–Kier alpha value is -4.45. The second-order valence-corrected chi connectivity index (χ2v) is 7.27. The van der Waals surface area contributed by atoms with Gasteiger partial charge in [-0.3, -0.25) is 9.59 Å². The molecule has 32 heavy (non-hydrogen) atoms. The van der Waals surface area contributed by atoms with Crippen molar-refractivity contribution in [3.63, 3.8) is 0 Å². The van der Waals surface area contributed by atoms with Crippen LogP contribution in [0, 0.1) is 6.92 Å². The summed E-state index contributed by atoms with van der Waals surface area (Å²) in [7, 11) is 0. The van der Waals surface area contributed by atoms with Gasteiger partial charge < -0.3 is 10.4 Å². The van der Waals surface area contributed by atoms with Gasteiger partial charge in [0, 0.05) is 22.4 Å². The van der Waals surface area contributed by atoms with E-state index in [1.165, 1.54) is 6.21 Å². The average Bonchev–Trinajstić information content (AvgIpc) is 2.81. The predicted molar refractivity (Wildman–Crippen MR) is 126 cm³/mol. The number of amides is 2. The second kappa shape index (κ2) is 9.14. The van der Waals surface area contributed by atoms with Gasteiger partial charge in [-0.2, -0.15) is 5.10 Å². The molecule has 0 aliphatic heterocycles. The van der Waals surface area contributed by atoms with Crippen LogP contribution in [0.5, 0.6) is 5.75 Å². The minimum atomic E-state index is -0.405. The molecule has 4 aromatic rings. The fourth-order valence-electron chi connectivity index (χ4n) is 3.37. The van der Waals surface area contributed by atoms with Gasteiger partial charge in [0.05, 0.1) is 6.21 Å². The third-order valence-corrected chi connectivity index (χ3v) is 5.10. The zero-order valence-electron chi connectivity index (χ0n) is 17.4. The van der Waals surface area contributed by atoms with Gasteiger partial charge in [0.1, 0.15) is 5.75 Å². The highest BCUT2D eigenvalue weighted by atomic mass is 16.3. The topological polar surface area (TPSA) is 90.8 Å². The number of nitrogens with zero attached hydrogens (tertiary/aromatic N) is 1. The Morgan fingerprint density at radius 2 is 1.56 bits per heavy atom. The quantitative estimate of drug-likeness (QED) is 0.316. The number of hydrazone groups is 1. The van der Waals surface area contributed by atoms with Gasteiger partial charge in [0.25, 0.3) is 11.8 Å². The molecular formula is C26H21N3O3. The molecule has 3 N–H and O–H groups in total. The molecule has 2 amide bonds. The lowest BCUT2D eigenvalue weighted by Gasteiger charge is -2.08. The summed E-state index contributed by atoms with van der Waals surface area (Å²) in [6, 6.07) is 24.9. The molecule has 158 valence electrons. The third kappa shape index (κ3) is 4.49. The molecule has 0 aromatic heterocycles. The van der Waals surface area contributed by atoms with Crippen LogP contribution in [-0.4, -0.2) is 23.1 Å². The number of hydrogen-bond donors (Lipinski definition) is 3. The summed E-state index contributed by atoms with van der Waals surface area (Å²) < 4.78 is 0. The van der Waals surface area contributed by atoms with Crippen molar-refractivity contribution in [2.24, 2.45) is 5.10 Å². The third-order valence-electron chi connectivity index (χ3n) is 5.10. The summed E-state index contributed by atoms with van der Waals surface area (Å²) in [6.07, 6.45) is 1.42. The first-order valence-corrected chi connectivity index (χ1v) is 10.0. The van der Waals surface area contributed by atoms with Crippen LogP contribution >= 0.6 is 0 Å². The smallest absolute Gasteiger partial charge is 0.271 e. The molecule has 0 radical (unpaired) electrons. The molecule has 0 heterocycles. The number of phenolic OH excluding ortho intramolecular Hbond substituents is 1. The van der Waals surface area contributed by atoms with E-state index in [9.17, 15) is 14.7 Å². The van der Waals surface area contributed by atoms with E-state index in [-0.39, 0.29) is 11.7 Å². The van der Waals surface area contributed by atoms with Crippen molar-refractivity contribution in [2.45, 2.75) is 6.92 Å². The van der Waals surface area contributed by atoms with Crippen LogP contribution in [0.25, 0.3) is 10.8 Å². The van der Waals surface area contributed by atoms with E-state index in [0.717, 1.165) is 16.3 Å². The molecule has 0 saturated carbocycles. The minimum absolute atomic E-state index is 0.0791. The Kier molecular flexibility index (Phi) is 5.94. The van der Waals surface area contributed by atoms with Crippen LogP contribution in [0.15, 0.2) is 90.0 Å². The molecule has 0 saturated heterocycles. The molecule has 0 unspecified atom stereocenters. The molecule has 4 rings (SSSR count). The van der Waals surface area contributed by atoms with E-state index in [0.29, 0.717) is 22.4 Å². The highest BCUT2D eigenvalue weighted by Crippen LogP contribution is 2.25. The number of rotatable bonds is 5. The van der Waals surface area contributed by atoms with E-state index in [1.807, 2.05) is 55.5 Å². The summed E-state index contributed by atoms with van der Waals surface area (Å²) in [5.41, 5.74) is 5.44. The number of carbonyl (C=O) groups excluding carboxylic acids is 2. The highest BCUT2D eigenvalue weighted by Gasteiger charge is 2.10. The molecule has 0 aliphatic rings. The Morgan fingerprint density at radius 3 is 2.34 bits per heavy atom.